The van der Waals surface area contributed by atoms with Crippen LogP contribution in [0.5, 0.6) is 17.2 Å². The van der Waals surface area contributed by atoms with Crippen molar-refractivity contribution in [2.75, 3.05) is 27.8 Å². The number of aliphatic hydroxyl groups excluding tert-OH is 1. The first kappa shape index (κ1) is 33.7. The summed E-state index contributed by atoms with van der Waals surface area (Å²) < 4.78 is 24.3. The molecule has 6 rings (SSSR count). The van der Waals surface area contributed by atoms with Crippen molar-refractivity contribution in [2.24, 2.45) is 0 Å². The van der Waals surface area contributed by atoms with Crippen LogP contribution in [0.3, 0.4) is 0 Å². The van der Waals surface area contributed by atoms with Gasteiger partial charge in [-0.2, -0.15) is 0 Å². The van der Waals surface area contributed by atoms with Crippen LogP contribution in [0.25, 0.3) is 0 Å². The number of benzene rings is 3. The van der Waals surface area contributed by atoms with Crippen LogP contribution in [0.15, 0.2) is 48.5 Å². The molecule has 254 valence electrons. The molecule has 1 fully saturated rings. The van der Waals surface area contributed by atoms with Gasteiger partial charge in [0, 0.05) is 42.0 Å². The fourth-order valence-corrected chi connectivity index (χ4v) is 7.20. The summed E-state index contributed by atoms with van der Waals surface area (Å²) in [6.45, 7) is 1.21. The highest BCUT2D eigenvalue weighted by atomic mass is 16.7. The number of ether oxygens (including phenoxy) is 4. The average Bonchev–Trinajstić information content (AvgIpc) is 3.07. The Bertz CT molecular complexity index is 1760. The van der Waals surface area contributed by atoms with E-state index < -0.39 is 83.5 Å². The molecule has 12 nitrogen and oxygen atoms in total. The molecule has 0 amide bonds. The summed E-state index contributed by atoms with van der Waals surface area (Å²) in [6, 6.07) is 14.0. The van der Waals surface area contributed by atoms with Crippen molar-refractivity contribution in [3.8, 4) is 17.2 Å². The molecule has 0 saturated carbocycles. The lowest BCUT2D eigenvalue weighted by atomic mass is 9.72. The van der Waals surface area contributed by atoms with E-state index in [1.54, 1.807) is 0 Å². The van der Waals surface area contributed by atoms with E-state index in [-0.39, 0.29) is 46.6 Å². The Morgan fingerprint density at radius 3 is 2.38 bits per heavy atom. The number of carbonyl (C=O) groups excluding carboxylic acids is 3. The molecule has 12 heteroatoms. The van der Waals surface area contributed by atoms with Gasteiger partial charge in [-0.1, -0.05) is 42.5 Å². The Kier molecular flexibility index (Phi) is 9.16. The lowest BCUT2D eigenvalue weighted by molar-refractivity contribution is -0.264. The maximum Gasteiger partial charge on any atom is 0.202 e. The van der Waals surface area contributed by atoms with E-state index in [4.69, 9.17) is 18.9 Å². The number of hydrogen-bond acceptors (Lipinski definition) is 12. The van der Waals surface area contributed by atoms with Gasteiger partial charge in [-0.05, 0) is 32.6 Å². The normalized spacial score (nSPS) is 26.5. The molecule has 0 bridgehead atoms. The van der Waals surface area contributed by atoms with Gasteiger partial charge >= 0.3 is 0 Å². The van der Waals surface area contributed by atoms with Gasteiger partial charge in [-0.25, -0.2) is 0 Å². The first-order valence-corrected chi connectivity index (χ1v) is 15.8. The van der Waals surface area contributed by atoms with Crippen LogP contribution in [0.2, 0.25) is 0 Å². The number of aromatic hydroxyl groups is 2. The molecule has 0 spiro atoms. The summed E-state index contributed by atoms with van der Waals surface area (Å²) in [4.78, 5) is 42.5. The minimum Gasteiger partial charge on any atom is -0.507 e. The van der Waals surface area contributed by atoms with E-state index >= 15 is 0 Å². The number of likely N-dealkylation sites (N-methyl/N-ethyl adjacent to an activating group) is 1. The molecule has 4 N–H and O–H groups in total. The molecule has 48 heavy (non-hydrogen) atoms. The van der Waals surface area contributed by atoms with Crippen LogP contribution in [-0.2, 0) is 32.0 Å². The molecule has 0 aromatic heterocycles. The first-order valence-electron chi connectivity index (χ1n) is 15.8. The number of nitrogens with zero attached hydrogens (tertiary/aromatic N) is 1. The summed E-state index contributed by atoms with van der Waals surface area (Å²) in [5.41, 5.74) is -2.40. The molecule has 6 atom stereocenters. The van der Waals surface area contributed by atoms with Gasteiger partial charge in [-0.3, -0.25) is 14.4 Å². The third-order valence-electron chi connectivity index (χ3n) is 9.65. The highest BCUT2D eigenvalue weighted by Crippen LogP contribution is 2.52. The lowest BCUT2D eigenvalue weighted by Gasteiger charge is -2.45. The second-order valence-corrected chi connectivity index (χ2v) is 12.8. The predicted molar refractivity (Wildman–Crippen MR) is 170 cm³/mol. The third-order valence-corrected chi connectivity index (χ3v) is 9.65. The van der Waals surface area contributed by atoms with E-state index in [9.17, 15) is 34.8 Å². The molecular weight excluding hydrogens is 622 g/mol. The Morgan fingerprint density at radius 2 is 1.71 bits per heavy atom. The average molecular weight is 662 g/mol. The van der Waals surface area contributed by atoms with Crippen LogP contribution in [0, 0.1) is 0 Å². The van der Waals surface area contributed by atoms with Gasteiger partial charge in [0.25, 0.3) is 0 Å². The van der Waals surface area contributed by atoms with Crippen molar-refractivity contribution in [3.63, 3.8) is 0 Å². The molecule has 1 saturated heterocycles. The van der Waals surface area contributed by atoms with Crippen molar-refractivity contribution in [1.82, 2.24) is 4.90 Å². The van der Waals surface area contributed by atoms with Crippen molar-refractivity contribution in [3.05, 3.63) is 87.5 Å². The maximum absolute atomic E-state index is 13.9. The van der Waals surface area contributed by atoms with Gasteiger partial charge < -0.3 is 44.3 Å². The summed E-state index contributed by atoms with van der Waals surface area (Å²) in [6.07, 6.45) is -3.75. The second-order valence-electron chi connectivity index (χ2n) is 12.8. The highest BCUT2D eigenvalue weighted by molar-refractivity contribution is 6.31. The van der Waals surface area contributed by atoms with Crippen molar-refractivity contribution in [2.45, 2.75) is 69.0 Å². The quantitative estimate of drug-likeness (QED) is 0.194. The Morgan fingerprint density at radius 1 is 1.00 bits per heavy atom. The number of fused-ring (bicyclic) bond motifs is 3. The maximum atomic E-state index is 13.9. The molecule has 0 radical (unpaired) electrons. The fourth-order valence-electron chi connectivity index (χ4n) is 7.20. The molecular formula is C36H39NO11. The van der Waals surface area contributed by atoms with Gasteiger partial charge in [0.15, 0.2) is 17.9 Å². The van der Waals surface area contributed by atoms with Crippen LogP contribution in [0.4, 0.5) is 0 Å². The Hall–Kier alpha value is -4.17. The topological polar surface area (TPSA) is 172 Å². The number of aliphatic hydroxyl groups is 2. The number of phenols is 2. The molecule has 3 aliphatic rings. The molecule has 2 aliphatic carbocycles. The Balaban J connectivity index is 1.38. The van der Waals surface area contributed by atoms with Crippen LogP contribution in [-0.4, -0.2) is 101 Å². The number of Topliss-reactive ketones (excluding diaryl/α,β-unsaturated/α-hetero) is 1. The number of methoxy groups -OCH3 is 1. The summed E-state index contributed by atoms with van der Waals surface area (Å²) >= 11 is 0. The summed E-state index contributed by atoms with van der Waals surface area (Å²) in [7, 11) is 5.15. The summed E-state index contributed by atoms with van der Waals surface area (Å²) in [5.74, 6) is -3.59. The molecule has 3 aromatic carbocycles. The number of hydrogen-bond donors (Lipinski definition) is 4. The zero-order valence-electron chi connectivity index (χ0n) is 27.1. The van der Waals surface area contributed by atoms with Crippen LogP contribution < -0.4 is 4.74 Å². The zero-order chi connectivity index (χ0) is 34.5. The van der Waals surface area contributed by atoms with Gasteiger partial charge in [0.1, 0.15) is 29.5 Å². The molecule has 0 unspecified atom stereocenters. The molecule has 1 aliphatic heterocycles. The van der Waals surface area contributed by atoms with Gasteiger partial charge in [0.2, 0.25) is 5.78 Å². The zero-order valence-corrected chi connectivity index (χ0v) is 27.1. The summed E-state index contributed by atoms with van der Waals surface area (Å²) in [5, 5.41) is 44.6. The lowest BCUT2D eigenvalue weighted by Crippen LogP contribution is -2.55. The largest absolute Gasteiger partial charge is 0.507 e. The van der Waals surface area contributed by atoms with E-state index in [0.717, 1.165) is 5.56 Å². The molecule has 1 heterocycles. The first-order chi connectivity index (χ1) is 22.9. The van der Waals surface area contributed by atoms with E-state index in [1.165, 1.54) is 25.3 Å². The highest BCUT2D eigenvalue weighted by Gasteiger charge is 2.50. The predicted octanol–water partition coefficient (Wildman–Crippen LogP) is 2.83. The SMILES string of the molecule is COc1cccc2c1C(=O)c1c(O)c3c(c(O)c1C2=O)C[C@@](O)(C(=O)CO)C[C@@H]3O[C@H]1C[C@H](N(C)C)[C@H](OCc2ccccc2)[C@H](C)O1. The second kappa shape index (κ2) is 13.0. The minimum absolute atomic E-state index is 0.0323. The van der Waals surface area contributed by atoms with Crippen molar-refractivity contribution >= 4 is 17.3 Å². The fraction of sp³-hybridized carbons (Fsp3) is 0.417. The standard InChI is InChI=1S/C36H39NO11/c1-18-35(46-17-19-9-6-5-7-10-19)22(37(2)3)13-26(47-18)48-24-15-36(44,25(39)16-38)14-21-28(24)34(43)30-29(32(21)41)31(40)20-11-8-12-23(45-4)27(20)33(30)42/h5-12,18,22,24,26,35,38,41,43-44H,13-17H2,1-4H3/t18-,22-,24-,26-,35+,36-/m0/s1. The third kappa shape index (κ3) is 5.68. The Labute approximate surface area is 277 Å². The monoisotopic (exact) mass is 661 g/mol. The van der Waals surface area contributed by atoms with E-state index in [0.29, 0.717) is 6.61 Å². The van der Waals surface area contributed by atoms with Gasteiger partial charge in [0.05, 0.1) is 48.7 Å². The van der Waals surface area contributed by atoms with Gasteiger partial charge in [-0.15, -0.1) is 0 Å². The smallest absolute Gasteiger partial charge is 0.202 e. The minimum atomic E-state index is -2.23. The van der Waals surface area contributed by atoms with Crippen LogP contribution in [0.1, 0.15) is 74.4 Å². The van der Waals surface area contributed by atoms with Crippen molar-refractivity contribution < 1.29 is 53.8 Å². The number of rotatable bonds is 9. The van der Waals surface area contributed by atoms with E-state index in [1.807, 2.05) is 56.3 Å². The number of ketones is 3. The number of phenolic OH excluding ortho intramolecular Hbond substituents is 2. The molecule has 3 aromatic rings. The van der Waals surface area contributed by atoms with Crippen molar-refractivity contribution in [1.29, 1.82) is 0 Å². The van der Waals surface area contributed by atoms with E-state index in [2.05, 4.69) is 0 Å². The number of carbonyl (C=O) groups is 3. The van der Waals surface area contributed by atoms with Crippen LogP contribution >= 0.6 is 0 Å².